The van der Waals surface area contributed by atoms with E-state index in [0.29, 0.717) is 6.04 Å². The number of hydrogen-bond acceptors (Lipinski definition) is 2. The molecule has 1 heterocycles. The third kappa shape index (κ3) is 4.27. The molecule has 1 aliphatic heterocycles. The minimum Gasteiger partial charge on any atom is -0.352 e. The Morgan fingerprint density at radius 1 is 1.33 bits per heavy atom. The zero-order valence-corrected chi connectivity index (χ0v) is 12.3. The molecule has 0 aromatic rings. The molecule has 0 spiro atoms. The summed E-state index contributed by atoms with van der Waals surface area (Å²) >= 11 is 0. The minimum atomic E-state index is -0.280. The number of carbonyl (C=O) groups excluding carboxylic acids is 1. The van der Waals surface area contributed by atoms with E-state index in [4.69, 9.17) is 0 Å². The molecule has 2 N–H and O–H groups in total. The van der Waals surface area contributed by atoms with Gasteiger partial charge in [-0.1, -0.05) is 39.5 Å². The molecule has 0 radical (unpaired) electrons. The molecule has 0 aliphatic carbocycles. The van der Waals surface area contributed by atoms with Crippen molar-refractivity contribution in [3.05, 3.63) is 0 Å². The third-order valence-electron chi connectivity index (χ3n) is 4.15. The largest absolute Gasteiger partial charge is 0.352 e. The van der Waals surface area contributed by atoms with E-state index in [1.54, 1.807) is 0 Å². The lowest BCUT2D eigenvalue weighted by Gasteiger charge is -2.28. The maximum absolute atomic E-state index is 12.3. The highest BCUT2D eigenvalue weighted by Gasteiger charge is 2.39. The number of carbonyl (C=O) groups is 1. The number of nitrogens with one attached hydrogen (secondary N) is 2. The highest BCUT2D eigenvalue weighted by Crippen LogP contribution is 2.23. The Balaban J connectivity index is 2.29. The van der Waals surface area contributed by atoms with Crippen molar-refractivity contribution < 1.29 is 4.79 Å². The van der Waals surface area contributed by atoms with Gasteiger partial charge in [-0.2, -0.15) is 0 Å². The Hall–Kier alpha value is -0.570. The van der Waals surface area contributed by atoms with Crippen molar-refractivity contribution in [3.8, 4) is 0 Å². The predicted octanol–water partition coefficient (Wildman–Crippen LogP) is 2.99. The van der Waals surface area contributed by atoms with Crippen molar-refractivity contribution >= 4 is 5.91 Å². The van der Waals surface area contributed by atoms with Crippen LogP contribution in [0.25, 0.3) is 0 Å². The maximum Gasteiger partial charge on any atom is 0.240 e. The van der Waals surface area contributed by atoms with Gasteiger partial charge in [0.05, 0.1) is 5.54 Å². The van der Waals surface area contributed by atoms with Gasteiger partial charge >= 0.3 is 0 Å². The maximum atomic E-state index is 12.3. The molecule has 1 fully saturated rings. The first kappa shape index (κ1) is 15.5. The lowest BCUT2D eigenvalue weighted by atomic mass is 9.92. The molecule has 0 aromatic carbocycles. The molecule has 3 nitrogen and oxygen atoms in total. The summed E-state index contributed by atoms with van der Waals surface area (Å²) in [5.41, 5.74) is -0.280. The molecule has 0 bridgehead atoms. The van der Waals surface area contributed by atoms with Crippen molar-refractivity contribution in [1.82, 2.24) is 10.6 Å². The molecule has 1 saturated heterocycles. The van der Waals surface area contributed by atoms with E-state index in [1.807, 2.05) is 0 Å². The highest BCUT2D eigenvalue weighted by atomic mass is 16.2. The van der Waals surface area contributed by atoms with Crippen molar-refractivity contribution in [1.29, 1.82) is 0 Å². The van der Waals surface area contributed by atoms with Crippen LogP contribution in [-0.4, -0.2) is 24.0 Å². The summed E-state index contributed by atoms with van der Waals surface area (Å²) in [6.45, 7) is 7.43. The SMILES string of the molecule is CCCCCCC(C)NC(=O)C1(CC)CCCN1. The van der Waals surface area contributed by atoms with E-state index >= 15 is 0 Å². The summed E-state index contributed by atoms with van der Waals surface area (Å²) in [6.07, 6.45) is 9.18. The molecular formula is C15H30N2O. The smallest absolute Gasteiger partial charge is 0.240 e. The van der Waals surface area contributed by atoms with Gasteiger partial charge in [-0.05, 0) is 39.2 Å². The van der Waals surface area contributed by atoms with Gasteiger partial charge in [-0.3, -0.25) is 4.79 Å². The van der Waals surface area contributed by atoms with Gasteiger partial charge in [-0.15, -0.1) is 0 Å². The van der Waals surface area contributed by atoms with E-state index < -0.39 is 0 Å². The van der Waals surface area contributed by atoms with Crippen LogP contribution in [0.2, 0.25) is 0 Å². The Bertz CT molecular complexity index is 247. The average Bonchev–Trinajstić information content (AvgIpc) is 2.84. The molecule has 2 unspecified atom stereocenters. The van der Waals surface area contributed by atoms with Gasteiger partial charge in [0.1, 0.15) is 0 Å². The van der Waals surface area contributed by atoms with Crippen LogP contribution >= 0.6 is 0 Å². The van der Waals surface area contributed by atoms with E-state index in [1.165, 1.54) is 25.7 Å². The normalized spacial score (nSPS) is 25.1. The van der Waals surface area contributed by atoms with Crippen LogP contribution in [0.3, 0.4) is 0 Å². The molecule has 1 aliphatic rings. The van der Waals surface area contributed by atoms with Gasteiger partial charge in [0.2, 0.25) is 5.91 Å². The second-order valence-corrected chi connectivity index (χ2v) is 5.69. The quantitative estimate of drug-likeness (QED) is 0.654. The van der Waals surface area contributed by atoms with E-state index in [2.05, 4.69) is 31.4 Å². The summed E-state index contributed by atoms with van der Waals surface area (Å²) in [5, 5.41) is 6.58. The van der Waals surface area contributed by atoms with Crippen LogP contribution in [0.15, 0.2) is 0 Å². The minimum absolute atomic E-state index is 0.213. The third-order valence-corrected chi connectivity index (χ3v) is 4.15. The Morgan fingerprint density at radius 2 is 2.11 bits per heavy atom. The standard InChI is InChI=1S/C15H30N2O/c1-4-6-7-8-10-13(3)17-14(18)15(5-2)11-9-12-16-15/h13,16H,4-12H2,1-3H3,(H,17,18). The monoisotopic (exact) mass is 254 g/mol. The lowest BCUT2D eigenvalue weighted by molar-refractivity contribution is -0.128. The van der Waals surface area contributed by atoms with E-state index in [-0.39, 0.29) is 11.4 Å². The summed E-state index contributed by atoms with van der Waals surface area (Å²) in [6, 6.07) is 0.306. The Kier molecular flexibility index (Phi) is 6.69. The first-order valence-corrected chi connectivity index (χ1v) is 7.70. The Labute approximate surface area is 112 Å². The van der Waals surface area contributed by atoms with Crippen molar-refractivity contribution in [2.24, 2.45) is 0 Å². The molecule has 3 heteroatoms. The molecule has 0 saturated carbocycles. The van der Waals surface area contributed by atoms with Crippen molar-refractivity contribution in [2.75, 3.05) is 6.54 Å². The van der Waals surface area contributed by atoms with E-state index in [0.717, 1.165) is 32.2 Å². The van der Waals surface area contributed by atoms with Gasteiger partial charge in [0, 0.05) is 6.04 Å². The number of unbranched alkanes of at least 4 members (excludes halogenated alkanes) is 3. The lowest BCUT2D eigenvalue weighted by Crippen LogP contribution is -2.54. The van der Waals surface area contributed by atoms with Crippen LogP contribution in [0.4, 0.5) is 0 Å². The molecule has 0 aromatic heterocycles. The highest BCUT2D eigenvalue weighted by molar-refractivity contribution is 5.86. The fraction of sp³-hybridized carbons (Fsp3) is 0.933. The van der Waals surface area contributed by atoms with Crippen molar-refractivity contribution in [2.45, 2.75) is 83.7 Å². The second-order valence-electron chi connectivity index (χ2n) is 5.69. The molecule has 1 amide bonds. The summed E-state index contributed by atoms with van der Waals surface area (Å²) < 4.78 is 0. The van der Waals surface area contributed by atoms with Gasteiger partial charge < -0.3 is 10.6 Å². The second kappa shape index (κ2) is 7.78. The molecule has 1 rings (SSSR count). The topological polar surface area (TPSA) is 41.1 Å². The summed E-state index contributed by atoms with van der Waals surface area (Å²) in [7, 11) is 0. The Morgan fingerprint density at radius 3 is 2.67 bits per heavy atom. The first-order valence-electron chi connectivity index (χ1n) is 7.70. The zero-order valence-electron chi connectivity index (χ0n) is 12.3. The number of hydrogen-bond donors (Lipinski definition) is 2. The first-order chi connectivity index (χ1) is 8.64. The van der Waals surface area contributed by atoms with Gasteiger partial charge in [0.15, 0.2) is 0 Å². The van der Waals surface area contributed by atoms with Crippen LogP contribution in [-0.2, 0) is 4.79 Å². The fourth-order valence-corrected chi connectivity index (χ4v) is 2.77. The van der Waals surface area contributed by atoms with Gasteiger partial charge in [0.25, 0.3) is 0 Å². The molecule has 106 valence electrons. The van der Waals surface area contributed by atoms with Crippen LogP contribution in [0, 0.1) is 0 Å². The van der Waals surface area contributed by atoms with Crippen LogP contribution in [0.1, 0.15) is 72.1 Å². The van der Waals surface area contributed by atoms with Gasteiger partial charge in [-0.25, -0.2) is 0 Å². The summed E-state index contributed by atoms with van der Waals surface area (Å²) in [5.74, 6) is 0.213. The fourth-order valence-electron chi connectivity index (χ4n) is 2.77. The number of amides is 1. The van der Waals surface area contributed by atoms with Crippen LogP contribution < -0.4 is 10.6 Å². The number of rotatable bonds is 8. The zero-order chi connectivity index (χ0) is 13.4. The average molecular weight is 254 g/mol. The molecular weight excluding hydrogens is 224 g/mol. The molecule has 18 heavy (non-hydrogen) atoms. The van der Waals surface area contributed by atoms with Crippen LogP contribution in [0.5, 0.6) is 0 Å². The van der Waals surface area contributed by atoms with Crippen molar-refractivity contribution in [3.63, 3.8) is 0 Å². The summed E-state index contributed by atoms with van der Waals surface area (Å²) in [4.78, 5) is 12.3. The molecule has 2 atom stereocenters. The van der Waals surface area contributed by atoms with E-state index in [9.17, 15) is 4.79 Å². The predicted molar refractivity (Wildman–Crippen MR) is 76.6 cm³/mol.